The fourth-order valence-corrected chi connectivity index (χ4v) is 11.1. The van der Waals surface area contributed by atoms with E-state index in [0.717, 1.165) is 28.8 Å². The summed E-state index contributed by atoms with van der Waals surface area (Å²) in [5, 5.41) is 11.1. The monoisotopic (exact) mass is 701 g/mol. The van der Waals surface area contributed by atoms with Gasteiger partial charge < -0.3 is 9.30 Å². The number of benzene rings is 6. The Morgan fingerprint density at radius 1 is 0.473 bits per heavy atom. The molecule has 0 saturated heterocycles. The Labute approximate surface area is 312 Å². The molecular formula is C49H27N5O+2. The van der Waals surface area contributed by atoms with E-state index in [2.05, 4.69) is 187 Å². The summed E-state index contributed by atoms with van der Waals surface area (Å²) in [5.74, 6) is 2.85. The molecule has 0 fully saturated rings. The lowest BCUT2D eigenvalue weighted by Gasteiger charge is -2.34. The van der Waals surface area contributed by atoms with Gasteiger partial charge >= 0.3 is 11.3 Å². The van der Waals surface area contributed by atoms with Gasteiger partial charge in [0.25, 0.3) is 11.7 Å². The molecule has 12 aromatic rings. The van der Waals surface area contributed by atoms with Crippen LogP contribution in [0.2, 0.25) is 0 Å². The number of hydrogen-bond donors (Lipinski definition) is 0. The second-order valence-corrected chi connectivity index (χ2v) is 15.3. The van der Waals surface area contributed by atoms with Crippen LogP contribution in [-0.2, 0) is 5.66 Å². The molecule has 252 valence electrons. The van der Waals surface area contributed by atoms with Gasteiger partial charge in [-0.3, -0.25) is 0 Å². The summed E-state index contributed by atoms with van der Waals surface area (Å²) in [4.78, 5) is 0. The van der Waals surface area contributed by atoms with Gasteiger partial charge in [-0.05, 0) is 78.9 Å². The van der Waals surface area contributed by atoms with E-state index >= 15 is 0 Å². The van der Waals surface area contributed by atoms with E-state index in [1.807, 2.05) is 0 Å². The number of fused-ring (bicyclic) bond motifs is 14. The van der Waals surface area contributed by atoms with Crippen LogP contribution in [0, 0.1) is 0 Å². The van der Waals surface area contributed by atoms with Crippen LogP contribution in [0.5, 0.6) is 11.6 Å². The smallest absolute Gasteiger partial charge is 0.354 e. The molecule has 0 radical (unpaired) electrons. The van der Waals surface area contributed by atoms with Crippen LogP contribution in [0.3, 0.4) is 0 Å². The summed E-state index contributed by atoms with van der Waals surface area (Å²) in [6.45, 7) is 0. The average Bonchev–Trinajstić information content (AvgIpc) is 3.96. The maximum atomic E-state index is 7.06. The fraction of sp³-hybridized carbons (Fsp3) is 0.0204. The van der Waals surface area contributed by atoms with Gasteiger partial charge in [0.15, 0.2) is 5.52 Å². The predicted octanol–water partition coefficient (Wildman–Crippen LogP) is 10.2. The molecule has 55 heavy (non-hydrogen) atoms. The Hall–Kier alpha value is -7.44. The molecule has 6 heteroatoms. The van der Waals surface area contributed by atoms with Crippen LogP contribution < -0.4 is 13.9 Å². The lowest BCUT2D eigenvalue weighted by atomic mass is 9.87. The minimum atomic E-state index is -0.764. The summed E-state index contributed by atoms with van der Waals surface area (Å²) in [5.41, 5.74) is 9.98. The minimum Gasteiger partial charge on any atom is -0.422 e. The molecule has 0 saturated carbocycles. The summed E-state index contributed by atoms with van der Waals surface area (Å²) < 4.78 is 19.6. The summed E-state index contributed by atoms with van der Waals surface area (Å²) >= 11 is 0. The number of rotatable bonds is 1. The van der Waals surface area contributed by atoms with Crippen LogP contribution in [0.15, 0.2) is 164 Å². The quantitative estimate of drug-likeness (QED) is 0.124. The maximum absolute atomic E-state index is 7.06. The second-order valence-electron chi connectivity index (χ2n) is 15.3. The fourth-order valence-electron chi connectivity index (χ4n) is 11.1. The molecule has 6 aromatic heterocycles. The Balaban J connectivity index is 1.22. The molecule has 3 aliphatic heterocycles. The van der Waals surface area contributed by atoms with Gasteiger partial charge in [-0.25, -0.2) is 0 Å². The average molecular weight is 702 g/mol. The first kappa shape index (κ1) is 27.2. The summed E-state index contributed by atoms with van der Waals surface area (Å²) in [7, 11) is 0. The van der Waals surface area contributed by atoms with E-state index in [0.29, 0.717) is 0 Å². The Morgan fingerprint density at radius 2 is 1.16 bits per heavy atom. The van der Waals surface area contributed by atoms with Gasteiger partial charge in [-0.1, -0.05) is 66.7 Å². The molecule has 0 aliphatic carbocycles. The highest BCUT2D eigenvalue weighted by Crippen LogP contribution is 2.55. The van der Waals surface area contributed by atoms with Crippen LogP contribution in [0.1, 0.15) is 11.3 Å². The number of hydrogen-bond acceptors (Lipinski definition) is 1. The normalized spacial score (nSPS) is 16.2. The summed E-state index contributed by atoms with van der Waals surface area (Å²) in [6, 6.07) is 57.9. The SMILES string of the molecule is c1ccc(-n2c3ccccc3c3cc4c(cc32)c2c3ccccc3c3n2c2c4ccc4[n+]2C32c3c(ccc5c6ccccc6n(c35)-c3cccc[n+]32)O4)cc1. The van der Waals surface area contributed by atoms with Crippen molar-refractivity contribution in [1.29, 1.82) is 0 Å². The molecule has 0 N–H and O–H groups in total. The molecule has 3 aliphatic rings. The Bertz CT molecular complexity index is 3810. The van der Waals surface area contributed by atoms with Crippen molar-refractivity contribution in [3.05, 3.63) is 175 Å². The van der Waals surface area contributed by atoms with Crippen molar-refractivity contribution in [1.82, 2.24) is 13.5 Å². The van der Waals surface area contributed by atoms with Crippen molar-refractivity contribution < 1.29 is 13.9 Å². The Morgan fingerprint density at radius 3 is 2.02 bits per heavy atom. The molecule has 6 nitrogen and oxygen atoms in total. The zero-order chi connectivity index (χ0) is 35.3. The standard InChI is InChI=1S/C49H27N5O/c1-2-12-28(13-3-1)51-38-18-8-7-15-30(38)36-26-35-34-22-24-43-54-48(34)53-45(37(35)27-40(36)51)31-16-4-5-17-33(31)47(53)49(54)44-41(55-43)23-21-32-29-14-6-9-19-39(29)52(46(32)44)42-20-10-11-25-50(42)49/h1-27H/q+2. The maximum Gasteiger partial charge on any atom is 0.354 e. The van der Waals surface area contributed by atoms with Crippen LogP contribution >= 0.6 is 0 Å². The van der Waals surface area contributed by atoms with Gasteiger partial charge in [0.05, 0.1) is 22.6 Å². The first-order valence-electron chi connectivity index (χ1n) is 19.0. The van der Waals surface area contributed by atoms with Gasteiger partial charge in [-0.2, -0.15) is 13.5 Å². The van der Waals surface area contributed by atoms with Crippen LogP contribution in [0.4, 0.5) is 0 Å². The van der Waals surface area contributed by atoms with Gasteiger partial charge in [-0.15, -0.1) is 4.57 Å². The molecule has 1 unspecified atom stereocenters. The van der Waals surface area contributed by atoms with Crippen molar-refractivity contribution in [3.63, 3.8) is 0 Å². The molecule has 0 amide bonds. The number of nitrogens with zero attached hydrogens (tertiary/aromatic N) is 5. The van der Waals surface area contributed by atoms with Crippen molar-refractivity contribution in [2.45, 2.75) is 5.66 Å². The number of para-hydroxylation sites is 3. The number of ether oxygens (including phenoxy) is 1. The van der Waals surface area contributed by atoms with Crippen molar-refractivity contribution in [2.75, 3.05) is 0 Å². The van der Waals surface area contributed by atoms with Crippen LogP contribution in [0.25, 0.3) is 93.2 Å². The molecule has 15 rings (SSSR count). The van der Waals surface area contributed by atoms with E-state index in [1.165, 1.54) is 87.3 Å². The first-order valence-corrected chi connectivity index (χ1v) is 19.0. The predicted molar refractivity (Wildman–Crippen MR) is 217 cm³/mol. The topological polar surface area (TPSA) is 31.3 Å². The molecule has 1 spiro atoms. The zero-order valence-electron chi connectivity index (χ0n) is 29.2. The minimum absolute atomic E-state index is 0.764. The molecule has 0 bridgehead atoms. The highest BCUT2D eigenvalue weighted by Gasteiger charge is 2.67. The second kappa shape index (κ2) is 8.84. The zero-order valence-corrected chi connectivity index (χ0v) is 29.2. The summed E-state index contributed by atoms with van der Waals surface area (Å²) in [6.07, 6.45) is 2.28. The lowest BCUT2D eigenvalue weighted by Crippen LogP contribution is -2.76. The molecule has 1 atom stereocenters. The number of pyridine rings is 3. The third-order valence-corrected chi connectivity index (χ3v) is 13.0. The highest BCUT2D eigenvalue weighted by molar-refractivity contribution is 6.25. The van der Waals surface area contributed by atoms with E-state index in [9.17, 15) is 0 Å². The highest BCUT2D eigenvalue weighted by atomic mass is 16.5. The number of aromatic nitrogens is 5. The van der Waals surface area contributed by atoms with E-state index in [1.54, 1.807) is 0 Å². The largest absolute Gasteiger partial charge is 0.422 e. The van der Waals surface area contributed by atoms with Gasteiger partial charge in [0, 0.05) is 60.9 Å². The molecule has 6 aromatic carbocycles. The van der Waals surface area contributed by atoms with E-state index in [4.69, 9.17) is 4.74 Å². The van der Waals surface area contributed by atoms with Crippen LogP contribution in [-0.4, -0.2) is 13.5 Å². The van der Waals surface area contributed by atoms with E-state index < -0.39 is 5.66 Å². The third-order valence-electron chi connectivity index (χ3n) is 13.0. The first-order chi connectivity index (χ1) is 27.3. The third kappa shape index (κ3) is 2.77. The lowest BCUT2D eigenvalue weighted by molar-refractivity contribution is -0.958. The Kier molecular flexibility index (Phi) is 4.37. The molecule has 9 heterocycles. The molecular weight excluding hydrogens is 675 g/mol. The van der Waals surface area contributed by atoms with Gasteiger partial charge in [0.2, 0.25) is 5.69 Å². The van der Waals surface area contributed by atoms with Crippen molar-refractivity contribution in [2.24, 2.45) is 0 Å². The van der Waals surface area contributed by atoms with Gasteiger partial charge in [0.1, 0.15) is 22.3 Å². The van der Waals surface area contributed by atoms with Crippen molar-refractivity contribution >= 4 is 81.7 Å². The van der Waals surface area contributed by atoms with E-state index in [-0.39, 0.29) is 0 Å². The van der Waals surface area contributed by atoms with Crippen molar-refractivity contribution in [3.8, 4) is 23.1 Å².